The zero-order valence-corrected chi connectivity index (χ0v) is 9.69. The minimum atomic E-state index is 0.619. The second-order valence-corrected chi connectivity index (χ2v) is 4.26. The largest absolute Gasteiger partial charge is 0.353 e. The van der Waals surface area contributed by atoms with Crippen LogP contribution in [0.1, 0.15) is 38.2 Å². The van der Waals surface area contributed by atoms with E-state index in [1.807, 2.05) is 12.1 Å². The number of anilines is 1. The van der Waals surface area contributed by atoms with Gasteiger partial charge in [-0.2, -0.15) is 5.26 Å². The minimum absolute atomic E-state index is 0.619. The number of hydrogen-bond acceptors (Lipinski definition) is 3. The third-order valence-corrected chi connectivity index (χ3v) is 2.92. The van der Waals surface area contributed by atoms with Crippen LogP contribution < -0.4 is 4.90 Å². The van der Waals surface area contributed by atoms with Crippen molar-refractivity contribution in [2.75, 3.05) is 11.4 Å². The zero-order chi connectivity index (χ0) is 11.4. The maximum Gasteiger partial charge on any atom is 0.146 e. The van der Waals surface area contributed by atoms with Crippen molar-refractivity contribution < 1.29 is 0 Å². The van der Waals surface area contributed by atoms with E-state index in [1.165, 1.54) is 19.3 Å². The summed E-state index contributed by atoms with van der Waals surface area (Å²) in [7, 11) is 0. The van der Waals surface area contributed by atoms with Gasteiger partial charge in [0.15, 0.2) is 0 Å². The second kappa shape index (κ2) is 4.98. The van der Waals surface area contributed by atoms with E-state index in [4.69, 9.17) is 5.26 Å². The van der Waals surface area contributed by atoms with Gasteiger partial charge in [-0.15, -0.1) is 0 Å². The predicted molar refractivity (Wildman–Crippen MR) is 64.2 cm³/mol. The molecule has 2 rings (SSSR count). The van der Waals surface area contributed by atoms with E-state index in [-0.39, 0.29) is 0 Å². The average molecular weight is 215 g/mol. The Kier molecular flexibility index (Phi) is 3.40. The summed E-state index contributed by atoms with van der Waals surface area (Å²) >= 11 is 0. The van der Waals surface area contributed by atoms with Crippen molar-refractivity contribution in [3.8, 4) is 6.07 Å². The summed E-state index contributed by atoms with van der Waals surface area (Å²) < 4.78 is 0. The van der Waals surface area contributed by atoms with Gasteiger partial charge in [0.2, 0.25) is 0 Å². The molecule has 0 amide bonds. The normalized spacial score (nSPS) is 14.5. The molecule has 1 saturated carbocycles. The van der Waals surface area contributed by atoms with Gasteiger partial charge in [0.1, 0.15) is 11.9 Å². The molecule has 0 saturated heterocycles. The number of unbranched alkanes of at least 4 members (excludes halogenated alkanes) is 1. The molecule has 0 bridgehead atoms. The summed E-state index contributed by atoms with van der Waals surface area (Å²) in [5.41, 5.74) is 0.700. The molecule has 0 N–H and O–H groups in total. The van der Waals surface area contributed by atoms with Gasteiger partial charge in [-0.1, -0.05) is 13.3 Å². The summed E-state index contributed by atoms with van der Waals surface area (Å²) in [6, 6.07) is 6.53. The highest BCUT2D eigenvalue weighted by atomic mass is 15.2. The molecule has 1 aromatic rings. The van der Waals surface area contributed by atoms with Crippen LogP contribution in [0.5, 0.6) is 0 Å². The minimum Gasteiger partial charge on any atom is -0.353 e. The average Bonchev–Trinajstić information content (AvgIpc) is 3.14. The monoisotopic (exact) mass is 215 g/mol. The van der Waals surface area contributed by atoms with Crippen molar-refractivity contribution >= 4 is 5.82 Å². The fraction of sp³-hybridized carbons (Fsp3) is 0.538. The first-order valence-electron chi connectivity index (χ1n) is 5.98. The number of nitriles is 1. The van der Waals surface area contributed by atoms with Gasteiger partial charge in [0.05, 0.1) is 5.56 Å². The molecule has 0 aliphatic heterocycles. The van der Waals surface area contributed by atoms with Crippen molar-refractivity contribution in [1.82, 2.24) is 4.98 Å². The van der Waals surface area contributed by atoms with Crippen molar-refractivity contribution in [2.45, 2.75) is 38.6 Å². The first-order chi connectivity index (χ1) is 7.86. The molecule has 1 fully saturated rings. The Morgan fingerprint density at radius 1 is 1.56 bits per heavy atom. The van der Waals surface area contributed by atoms with Gasteiger partial charge >= 0.3 is 0 Å². The van der Waals surface area contributed by atoms with E-state index in [9.17, 15) is 0 Å². The van der Waals surface area contributed by atoms with Crippen LogP contribution in [0.15, 0.2) is 18.3 Å². The molecule has 0 atom stereocenters. The Bertz CT molecular complexity index is 390. The Labute approximate surface area is 96.7 Å². The van der Waals surface area contributed by atoms with Crippen LogP contribution >= 0.6 is 0 Å². The molecule has 3 heteroatoms. The third kappa shape index (κ3) is 2.33. The first-order valence-corrected chi connectivity index (χ1v) is 5.98. The SMILES string of the molecule is CCCCN(c1ncccc1C#N)C1CC1. The molecule has 1 aliphatic rings. The van der Waals surface area contributed by atoms with Gasteiger partial charge in [-0.3, -0.25) is 0 Å². The van der Waals surface area contributed by atoms with Gasteiger partial charge in [-0.25, -0.2) is 4.98 Å². The number of pyridine rings is 1. The Balaban J connectivity index is 2.20. The molecule has 0 unspecified atom stereocenters. The predicted octanol–water partition coefficient (Wildman–Crippen LogP) is 2.72. The highest BCUT2D eigenvalue weighted by Gasteiger charge is 2.30. The van der Waals surface area contributed by atoms with Crippen molar-refractivity contribution in [3.05, 3.63) is 23.9 Å². The second-order valence-electron chi connectivity index (χ2n) is 4.26. The lowest BCUT2D eigenvalue weighted by molar-refractivity contribution is 0.704. The maximum absolute atomic E-state index is 9.08. The standard InChI is InChI=1S/C13H17N3/c1-2-3-9-16(12-6-7-12)13-11(10-14)5-4-8-15-13/h4-5,8,12H,2-3,6-7,9H2,1H3. The van der Waals surface area contributed by atoms with E-state index < -0.39 is 0 Å². The molecule has 1 heterocycles. The first kappa shape index (κ1) is 10.9. The molecule has 0 aromatic carbocycles. The van der Waals surface area contributed by atoms with Crippen LogP contribution in [0.3, 0.4) is 0 Å². The fourth-order valence-electron chi connectivity index (χ4n) is 1.89. The molecule has 16 heavy (non-hydrogen) atoms. The van der Waals surface area contributed by atoms with Crippen molar-refractivity contribution in [1.29, 1.82) is 5.26 Å². The fourth-order valence-corrected chi connectivity index (χ4v) is 1.89. The molecule has 0 spiro atoms. The number of aromatic nitrogens is 1. The van der Waals surface area contributed by atoms with E-state index in [0.717, 1.165) is 18.8 Å². The lowest BCUT2D eigenvalue weighted by Gasteiger charge is -2.23. The summed E-state index contributed by atoms with van der Waals surface area (Å²) in [5, 5.41) is 9.08. The van der Waals surface area contributed by atoms with Crippen molar-refractivity contribution in [3.63, 3.8) is 0 Å². The van der Waals surface area contributed by atoms with E-state index in [1.54, 1.807) is 6.20 Å². The highest BCUT2D eigenvalue weighted by Crippen LogP contribution is 2.32. The Morgan fingerprint density at radius 3 is 3.00 bits per heavy atom. The summed E-state index contributed by atoms with van der Waals surface area (Å²) in [6.07, 6.45) is 6.60. The van der Waals surface area contributed by atoms with Crippen LogP contribution in [-0.4, -0.2) is 17.6 Å². The Hall–Kier alpha value is -1.56. The lowest BCUT2D eigenvalue weighted by atomic mass is 10.2. The molecular formula is C13H17N3. The van der Waals surface area contributed by atoms with Gasteiger partial charge in [-0.05, 0) is 31.4 Å². The molecular weight excluding hydrogens is 198 g/mol. The maximum atomic E-state index is 9.08. The molecule has 1 aromatic heterocycles. The summed E-state index contributed by atoms with van der Waals surface area (Å²) in [4.78, 5) is 6.68. The Morgan fingerprint density at radius 2 is 2.38 bits per heavy atom. The van der Waals surface area contributed by atoms with Crippen LogP contribution in [-0.2, 0) is 0 Å². The third-order valence-electron chi connectivity index (χ3n) is 2.92. The van der Waals surface area contributed by atoms with Crippen molar-refractivity contribution in [2.24, 2.45) is 0 Å². The van der Waals surface area contributed by atoms with E-state index in [2.05, 4.69) is 22.9 Å². The van der Waals surface area contributed by atoms with Gasteiger partial charge < -0.3 is 4.90 Å². The lowest BCUT2D eigenvalue weighted by Crippen LogP contribution is -2.28. The van der Waals surface area contributed by atoms with Gasteiger partial charge in [0, 0.05) is 18.8 Å². The zero-order valence-electron chi connectivity index (χ0n) is 9.69. The molecule has 84 valence electrons. The summed E-state index contributed by atoms with van der Waals surface area (Å²) in [6.45, 7) is 3.21. The van der Waals surface area contributed by atoms with Crippen LogP contribution in [0, 0.1) is 11.3 Å². The number of hydrogen-bond donors (Lipinski definition) is 0. The molecule has 3 nitrogen and oxygen atoms in total. The smallest absolute Gasteiger partial charge is 0.146 e. The number of nitrogens with zero attached hydrogens (tertiary/aromatic N) is 3. The van der Waals surface area contributed by atoms with E-state index >= 15 is 0 Å². The molecule has 0 radical (unpaired) electrons. The van der Waals surface area contributed by atoms with Crippen LogP contribution in [0.25, 0.3) is 0 Å². The van der Waals surface area contributed by atoms with Crippen LogP contribution in [0.2, 0.25) is 0 Å². The summed E-state index contributed by atoms with van der Waals surface area (Å²) in [5.74, 6) is 0.876. The van der Waals surface area contributed by atoms with Gasteiger partial charge in [0.25, 0.3) is 0 Å². The molecule has 1 aliphatic carbocycles. The highest BCUT2D eigenvalue weighted by molar-refractivity contribution is 5.54. The van der Waals surface area contributed by atoms with Crippen LogP contribution in [0.4, 0.5) is 5.82 Å². The number of rotatable bonds is 5. The van der Waals surface area contributed by atoms with E-state index in [0.29, 0.717) is 11.6 Å². The quantitative estimate of drug-likeness (QED) is 0.758. The topological polar surface area (TPSA) is 39.9 Å².